The molecule has 0 bridgehead atoms. The van der Waals surface area contributed by atoms with Crippen molar-refractivity contribution in [1.29, 1.82) is 0 Å². The van der Waals surface area contributed by atoms with Crippen molar-refractivity contribution in [3.05, 3.63) is 35.4 Å². The van der Waals surface area contributed by atoms with Gasteiger partial charge in [0, 0.05) is 0 Å². The van der Waals surface area contributed by atoms with Gasteiger partial charge in [-0.3, -0.25) is 4.79 Å². The van der Waals surface area contributed by atoms with E-state index in [1.165, 1.54) is 12.7 Å². The summed E-state index contributed by atoms with van der Waals surface area (Å²) in [7, 11) is 1.44. The number of carbonyl (C=O) groups is 1. The summed E-state index contributed by atoms with van der Waals surface area (Å²) in [6, 6.07) is 8.48. The smallest absolute Gasteiger partial charge is 0.316 e. The Balaban J connectivity index is 2.13. The van der Waals surface area contributed by atoms with E-state index in [1.807, 2.05) is 0 Å². The Morgan fingerprint density at radius 3 is 2.21 bits per heavy atom. The molecule has 0 aromatic heterocycles. The van der Waals surface area contributed by atoms with Crippen LogP contribution in [0.2, 0.25) is 0 Å². The van der Waals surface area contributed by atoms with Crippen molar-refractivity contribution in [3.8, 4) is 0 Å². The van der Waals surface area contributed by atoms with E-state index in [4.69, 9.17) is 9.47 Å². The highest BCUT2D eigenvalue weighted by molar-refractivity contribution is 5.78. The zero-order valence-corrected chi connectivity index (χ0v) is 12.2. The Hall–Kier alpha value is -1.35. The fraction of sp³-hybridized carbons (Fsp3) is 0.562. The van der Waals surface area contributed by atoms with Crippen LogP contribution in [0.15, 0.2) is 24.3 Å². The van der Waals surface area contributed by atoms with Gasteiger partial charge in [-0.1, -0.05) is 45.0 Å². The molecule has 0 N–H and O–H groups in total. The molecule has 0 atom stereocenters. The largest absolute Gasteiger partial charge is 0.468 e. The van der Waals surface area contributed by atoms with Crippen LogP contribution >= 0.6 is 0 Å². The van der Waals surface area contributed by atoms with Crippen LogP contribution in [0.25, 0.3) is 0 Å². The van der Waals surface area contributed by atoms with Crippen LogP contribution in [0.1, 0.15) is 31.9 Å². The lowest BCUT2D eigenvalue weighted by Gasteiger charge is -2.38. The summed E-state index contributed by atoms with van der Waals surface area (Å²) in [6.45, 7) is 7.49. The number of esters is 1. The van der Waals surface area contributed by atoms with E-state index in [-0.39, 0.29) is 11.4 Å². The molecule has 3 nitrogen and oxygen atoms in total. The lowest BCUT2D eigenvalue weighted by atomic mass is 9.79. The average molecular weight is 262 g/mol. The van der Waals surface area contributed by atoms with E-state index in [0.717, 1.165) is 5.56 Å². The van der Waals surface area contributed by atoms with Crippen molar-refractivity contribution >= 4 is 5.97 Å². The molecule has 19 heavy (non-hydrogen) atoms. The van der Waals surface area contributed by atoms with Crippen molar-refractivity contribution < 1.29 is 14.3 Å². The molecule has 3 heteroatoms. The summed E-state index contributed by atoms with van der Waals surface area (Å²) in [5, 5.41) is 0. The second-order valence-electron chi connectivity index (χ2n) is 6.39. The first-order valence-corrected chi connectivity index (χ1v) is 6.63. The quantitative estimate of drug-likeness (QED) is 0.786. The molecule has 0 aliphatic carbocycles. The Kier molecular flexibility index (Phi) is 3.68. The summed E-state index contributed by atoms with van der Waals surface area (Å²) in [4.78, 5) is 11.8. The summed E-state index contributed by atoms with van der Waals surface area (Å²) < 4.78 is 10.1. The molecule has 2 rings (SSSR count). The maximum absolute atomic E-state index is 11.8. The molecule has 104 valence electrons. The molecule has 1 aromatic rings. The SMILES string of the molecule is COC(=O)C1(Cc2ccc(C(C)(C)C)cc2)COC1. The molecule has 1 heterocycles. The lowest BCUT2D eigenvalue weighted by Crippen LogP contribution is -2.51. The van der Waals surface area contributed by atoms with Crippen LogP contribution in [-0.2, 0) is 26.1 Å². The van der Waals surface area contributed by atoms with Gasteiger partial charge in [-0.25, -0.2) is 0 Å². The highest BCUT2D eigenvalue weighted by atomic mass is 16.5. The van der Waals surface area contributed by atoms with E-state index in [9.17, 15) is 4.79 Å². The number of hydrogen-bond acceptors (Lipinski definition) is 3. The van der Waals surface area contributed by atoms with Crippen LogP contribution in [-0.4, -0.2) is 26.3 Å². The number of ether oxygens (including phenoxy) is 2. The number of hydrogen-bond donors (Lipinski definition) is 0. The Labute approximate surface area is 114 Å². The minimum atomic E-state index is -0.474. The first-order valence-electron chi connectivity index (χ1n) is 6.63. The molecule has 0 radical (unpaired) electrons. The van der Waals surface area contributed by atoms with Crippen molar-refractivity contribution in [2.24, 2.45) is 5.41 Å². The summed E-state index contributed by atoms with van der Waals surface area (Å²) >= 11 is 0. The van der Waals surface area contributed by atoms with E-state index >= 15 is 0 Å². The van der Waals surface area contributed by atoms with Gasteiger partial charge in [0.25, 0.3) is 0 Å². The predicted octanol–water partition coefficient (Wildman–Crippen LogP) is 2.72. The van der Waals surface area contributed by atoms with Gasteiger partial charge in [-0.15, -0.1) is 0 Å². The van der Waals surface area contributed by atoms with E-state index in [0.29, 0.717) is 19.6 Å². The third-order valence-corrected chi connectivity index (χ3v) is 3.74. The average Bonchev–Trinajstić information content (AvgIpc) is 2.32. The maximum Gasteiger partial charge on any atom is 0.316 e. The Morgan fingerprint density at radius 2 is 1.84 bits per heavy atom. The minimum absolute atomic E-state index is 0.151. The molecule has 0 amide bonds. The molecular formula is C16H22O3. The topological polar surface area (TPSA) is 35.5 Å². The van der Waals surface area contributed by atoms with Crippen molar-refractivity contribution in [2.45, 2.75) is 32.6 Å². The van der Waals surface area contributed by atoms with Crippen LogP contribution in [0, 0.1) is 5.41 Å². The maximum atomic E-state index is 11.8. The van der Waals surface area contributed by atoms with Crippen LogP contribution in [0.4, 0.5) is 0 Å². The third-order valence-electron chi connectivity index (χ3n) is 3.74. The van der Waals surface area contributed by atoms with Gasteiger partial charge in [-0.2, -0.15) is 0 Å². The molecule has 1 aromatic carbocycles. The zero-order chi connectivity index (χ0) is 14.1. The van der Waals surface area contributed by atoms with E-state index < -0.39 is 5.41 Å². The highest BCUT2D eigenvalue weighted by Crippen LogP contribution is 2.33. The van der Waals surface area contributed by atoms with Crippen molar-refractivity contribution in [2.75, 3.05) is 20.3 Å². The van der Waals surface area contributed by atoms with Gasteiger partial charge in [0.1, 0.15) is 5.41 Å². The predicted molar refractivity (Wildman–Crippen MR) is 74.1 cm³/mol. The molecular weight excluding hydrogens is 240 g/mol. The van der Waals surface area contributed by atoms with Gasteiger partial charge in [-0.05, 0) is 23.0 Å². The molecule has 0 saturated carbocycles. The second kappa shape index (κ2) is 4.97. The zero-order valence-electron chi connectivity index (χ0n) is 12.2. The molecule has 1 fully saturated rings. The molecule has 0 spiro atoms. The number of benzene rings is 1. The van der Waals surface area contributed by atoms with Crippen LogP contribution in [0.3, 0.4) is 0 Å². The first-order chi connectivity index (χ1) is 8.87. The van der Waals surface area contributed by atoms with Crippen LogP contribution < -0.4 is 0 Å². The minimum Gasteiger partial charge on any atom is -0.468 e. The molecule has 1 aliphatic rings. The first kappa shape index (κ1) is 14.1. The van der Waals surface area contributed by atoms with Crippen LogP contribution in [0.5, 0.6) is 0 Å². The molecule has 1 aliphatic heterocycles. The second-order valence-corrected chi connectivity index (χ2v) is 6.39. The third kappa shape index (κ3) is 2.81. The fourth-order valence-corrected chi connectivity index (χ4v) is 2.37. The van der Waals surface area contributed by atoms with Gasteiger partial charge in [0.15, 0.2) is 0 Å². The number of carbonyl (C=O) groups excluding carboxylic acids is 1. The normalized spacial score (nSPS) is 17.7. The van der Waals surface area contributed by atoms with E-state index in [1.54, 1.807) is 0 Å². The van der Waals surface area contributed by atoms with Gasteiger partial charge < -0.3 is 9.47 Å². The van der Waals surface area contributed by atoms with Crippen molar-refractivity contribution in [1.82, 2.24) is 0 Å². The summed E-state index contributed by atoms with van der Waals surface area (Å²) in [6.07, 6.45) is 0.685. The molecule has 1 saturated heterocycles. The lowest BCUT2D eigenvalue weighted by molar-refractivity contribution is -0.182. The Morgan fingerprint density at radius 1 is 1.26 bits per heavy atom. The fourth-order valence-electron chi connectivity index (χ4n) is 2.37. The highest BCUT2D eigenvalue weighted by Gasteiger charge is 2.47. The summed E-state index contributed by atoms with van der Waals surface area (Å²) in [5.41, 5.74) is 2.13. The van der Waals surface area contributed by atoms with Gasteiger partial charge >= 0.3 is 5.97 Å². The number of rotatable bonds is 3. The standard InChI is InChI=1S/C16H22O3/c1-15(2,3)13-7-5-12(6-8-13)9-16(10-19-11-16)14(17)18-4/h5-8H,9-11H2,1-4H3. The van der Waals surface area contributed by atoms with Crippen molar-refractivity contribution in [3.63, 3.8) is 0 Å². The van der Waals surface area contributed by atoms with Gasteiger partial charge in [0.05, 0.1) is 20.3 Å². The monoisotopic (exact) mass is 262 g/mol. The number of methoxy groups -OCH3 is 1. The van der Waals surface area contributed by atoms with E-state index in [2.05, 4.69) is 45.0 Å². The summed E-state index contributed by atoms with van der Waals surface area (Å²) in [5.74, 6) is -0.168. The Bertz CT molecular complexity index is 450. The molecule has 0 unspecified atom stereocenters. The van der Waals surface area contributed by atoms with Gasteiger partial charge in [0.2, 0.25) is 0 Å².